The highest BCUT2D eigenvalue weighted by molar-refractivity contribution is 5.79. The van der Waals surface area contributed by atoms with Crippen LogP contribution in [0.15, 0.2) is 18.2 Å². The molecule has 2 fully saturated rings. The zero-order chi connectivity index (χ0) is 16.4. The minimum Gasteiger partial charge on any atom is -0.471 e. The highest BCUT2D eigenvalue weighted by Crippen LogP contribution is 2.30. The molecular weight excluding hydrogens is 309 g/mol. The Morgan fingerprint density at radius 1 is 1.17 bits per heavy atom. The molecule has 126 valence electrons. The monoisotopic (exact) mass is 328 g/mol. The first kappa shape index (κ1) is 16.1. The second-order valence-corrected chi connectivity index (χ2v) is 6.18. The van der Waals surface area contributed by atoms with Crippen molar-refractivity contribution in [3.05, 3.63) is 23.9 Å². The first-order chi connectivity index (χ1) is 10.9. The van der Waals surface area contributed by atoms with Crippen molar-refractivity contribution >= 4 is 5.91 Å². The summed E-state index contributed by atoms with van der Waals surface area (Å²) in [6.07, 6.45) is 0.500. The summed E-state index contributed by atoms with van der Waals surface area (Å²) in [4.78, 5) is 17.5. The van der Waals surface area contributed by atoms with Crippen molar-refractivity contribution in [3.8, 4) is 5.88 Å². The molecule has 23 heavy (non-hydrogen) atoms. The SMILES string of the molecule is O=C(C1CCCCC1)N1CC(Oc2cccc(C(F)(F)F)n2)C1. The highest BCUT2D eigenvalue weighted by atomic mass is 19.4. The van der Waals surface area contributed by atoms with Gasteiger partial charge in [-0.25, -0.2) is 4.98 Å². The lowest BCUT2D eigenvalue weighted by atomic mass is 9.87. The molecule has 0 bridgehead atoms. The van der Waals surface area contributed by atoms with Crippen LogP contribution in [0, 0.1) is 5.92 Å². The second-order valence-electron chi connectivity index (χ2n) is 6.18. The van der Waals surface area contributed by atoms with Gasteiger partial charge in [-0.1, -0.05) is 25.3 Å². The third kappa shape index (κ3) is 3.76. The third-order valence-electron chi connectivity index (χ3n) is 4.42. The summed E-state index contributed by atoms with van der Waals surface area (Å²) in [5.74, 6) is 0.215. The van der Waals surface area contributed by atoms with E-state index in [1.165, 1.54) is 18.6 Å². The topological polar surface area (TPSA) is 42.4 Å². The molecule has 0 unspecified atom stereocenters. The predicted octanol–water partition coefficient (Wildman–Crippen LogP) is 3.27. The molecule has 1 aliphatic heterocycles. The van der Waals surface area contributed by atoms with Crippen LogP contribution in [0.4, 0.5) is 13.2 Å². The molecule has 4 nitrogen and oxygen atoms in total. The molecule has 3 rings (SSSR count). The van der Waals surface area contributed by atoms with Crippen LogP contribution in [0.3, 0.4) is 0 Å². The molecule has 0 radical (unpaired) electrons. The Bertz CT molecular complexity index is 565. The van der Waals surface area contributed by atoms with Gasteiger partial charge in [0.25, 0.3) is 0 Å². The van der Waals surface area contributed by atoms with Gasteiger partial charge in [0.05, 0.1) is 13.1 Å². The number of carbonyl (C=O) groups excluding carboxylic acids is 1. The van der Waals surface area contributed by atoms with Gasteiger partial charge in [-0.05, 0) is 18.9 Å². The first-order valence-electron chi connectivity index (χ1n) is 7.93. The summed E-state index contributed by atoms with van der Waals surface area (Å²) in [5, 5.41) is 0. The van der Waals surface area contributed by atoms with Gasteiger partial charge in [0.2, 0.25) is 11.8 Å². The summed E-state index contributed by atoms with van der Waals surface area (Å²) in [6, 6.07) is 3.59. The molecule has 1 saturated heterocycles. The number of hydrogen-bond acceptors (Lipinski definition) is 3. The maximum Gasteiger partial charge on any atom is 0.433 e. The lowest BCUT2D eigenvalue weighted by Crippen LogP contribution is -2.57. The fourth-order valence-electron chi connectivity index (χ4n) is 3.11. The predicted molar refractivity (Wildman–Crippen MR) is 76.8 cm³/mol. The van der Waals surface area contributed by atoms with Crippen LogP contribution >= 0.6 is 0 Å². The van der Waals surface area contributed by atoms with Crippen molar-refractivity contribution in [3.63, 3.8) is 0 Å². The zero-order valence-corrected chi connectivity index (χ0v) is 12.7. The Labute approximate surface area is 132 Å². The van der Waals surface area contributed by atoms with E-state index in [-0.39, 0.29) is 23.8 Å². The normalized spacial score (nSPS) is 20.2. The van der Waals surface area contributed by atoms with Gasteiger partial charge in [-0.3, -0.25) is 4.79 Å². The van der Waals surface area contributed by atoms with Crippen LogP contribution in [-0.4, -0.2) is 35.0 Å². The molecule has 2 aliphatic rings. The molecule has 0 N–H and O–H groups in total. The minimum absolute atomic E-state index is 0.0467. The number of carbonyl (C=O) groups is 1. The molecule has 0 atom stereocenters. The smallest absolute Gasteiger partial charge is 0.433 e. The number of hydrogen-bond donors (Lipinski definition) is 0. The summed E-state index contributed by atoms with van der Waals surface area (Å²) in [7, 11) is 0. The van der Waals surface area contributed by atoms with E-state index < -0.39 is 11.9 Å². The van der Waals surface area contributed by atoms with Crippen LogP contribution < -0.4 is 4.74 Å². The summed E-state index contributed by atoms with van der Waals surface area (Å²) in [5.41, 5.74) is -0.968. The zero-order valence-electron chi connectivity index (χ0n) is 12.7. The lowest BCUT2D eigenvalue weighted by Gasteiger charge is -2.41. The average Bonchev–Trinajstić information content (AvgIpc) is 2.50. The van der Waals surface area contributed by atoms with Crippen LogP contribution in [-0.2, 0) is 11.0 Å². The average molecular weight is 328 g/mol. The van der Waals surface area contributed by atoms with Gasteiger partial charge in [0, 0.05) is 12.0 Å². The van der Waals surface area contributed by atoms with E-state index in [0.29, 0.717) is 13.1 Å². The Balaban J connectivity index is 1.51. The summed E-state index contributed by atoms with van der Waals surface area (Å²) in [6.45, 7) is 0.848. The number of likely N-dealkylation sites (tertiary alicyclic amines) is 1. The van der Waals surface area contributed by atoms with E-state index >= 15 is 0 Å². The van der Waals surface area contributed by atoms with Crippen molar-refractivity contribution in [1.82, 2.24) is 9.88 Å². The molecule has 2 heterocycles. The highest BCUT2D eigenvalue weighted by Gasteiger charge is 2.37. The van der Waals surface area contributed by atoms with E-state index in [1.54, 1.807) is 4.90 Å². The quantitative estimate of drug-likeness (QED) is 0.855. The second kappa shape index (κ2) is 6.37. The Morgan fingerprint density at radius 2 is 1.87 bits per heavy atom. The largest absolute Gasteiger partial charge is 0.471 e. The number of aromatic nitrogens is 1. The van der Waals surface area contributed by atoms with Crippen molar-refractivity contribution in [1.29, 1.82) is 0 Å². The number of rotatable bonds is 3. The van der Waals surface area contributed by atoms with Crippen LogP contribution in [0.25, 0.3) is 0 Å². The summed E-state index contributed by atoms with van der Waals surface area (Å²) < 4.78 is 43.3. The van der Waals surface area contributed by atoms with Gasteiger partial charge < -0.3 is 9.64 Å². The molecule has 1 aromatic rings. The number of halogens is 3. The van der Waals surface area contributed by atoms with Gasteiger partial charge in [-0.15, -0.1) is 0 Å². The molecule has 1 aromatic heterocycles. The molecule has 0 spiro atoms. The van der Waals surface area contributed by atoms with Crippen LogP contribution in [0.1, 0.15) is 37.8 Å². The Morgan fingerprint density at radius 3 is 2.52 bits per heavy atom. The van der Waals surface area contributed by atoms with Gasteiger partial charge in [0.15, 0.2) is 0 Å². The molecule has 7 heteroatoms. The minimum atomic E-state index is -4.48. The Hall–Kier alpha value is -1.79. The van der Waals surface area contributed by atoms with E-state index in [1.807, 2.05) is 0 Å². The standard InChI is InChI=1S/C16H19F3N2O2/c17-16(18,19)13-7-4-8-14(20-13)23-12-9-21(10-12)15(22)11-5-2-1-3-6-11/h4,7-8,11-12H,1-3,5-6,9-10H2. The molecular formula is C16H19F3N2O2. The fraction of sp³-hybridized carbons (Fsp3) is 0.625. The molecule has 1 aliphatic carbocycles. The van der Waals surface area contributed by atoms with Gasteiger partial charge in [-0.2, -0.15) is 13.2 Å². The van der Waals surface area contributed by atoms with Crippen LogP contribution in [0.5, 0.6) is 5.88 Å². The maximum atomic E-state index is 12.6. The van der Waals surface area contributed by atoms with Crippen molar-refractivity contribution in [2.45, 2.75) is 44.4 Å². The van der Waals surface area contributed by atoms with Gasteiger partial charge >= 0.3 is 6.18 Å². The van der Waals surface area contributed by atoms with E-state index in [9.17, 15) is 18.0 Å². The fourth-order valence-corrected chi connectivity index (χ4v) is 3.11. The lowest BCUT2D eigenvalue weighted by molar-refractivity contribution is -0.145. The van der Waals surface area contributed by atoms with E-state index in [0.717, 1.165) is 31.7 Å². The number of ether oxygens (including phenoxy) is 1. The van der Waals surface area contributed by atoms with Crippen molar-refractivity contribution < 1.29 is 22.7 Å². The number of nitrogens with zero attached hydrogens (tertiary/aromatic N) is 2. The first-order valence-corrected chi connectivity index (χ1v) is 7.93. The van der Waals surface area contributed by atoms with Crippen LogP contribution in [0.2, 0.25) is 0 Å². The number of alkyl halides is 3. The number of pyridine rings is 1. The van der Waals surface area contributed by atoms with Crippen molar-refractivity contribution in [2.24, 2.45) is 5.92 Å². The van der Waals surface area contributed by atoms with Gasteiger partial charge in [0.1, 0.15) is 11.8 Å². The molecule has 0 aromatic carbocycles. The third-order valence-corrected chi connectivity index (χ3v) is 4.42. The number of amides is 1. The maximum absolute atomic E-state index is 12.6. The summed E-state index contributed by atoms with van der Waals surface area (Å²) >= 11 is 0. The van der Waals surface area contributed by atoms with Crippen molar-refractivity contribution in [2.75, 3.05) is 13.1 Å². The van der Waals surface area contributed by atoms with E-state index in [2.05, 4.69) is 4.98 Å². The molecule has 1 amide bonds. The molecule has 1 saturated carbocycles. The Kier molecular flexibility index (Phi) is 4.46. The van der Waals surface area contributed by atoms with E-state index in [4.69, 9.17) is 4.74 Å².